The van der Waals surface area contributed by atoms with Crippen molar-refractivity contribution in [2.45, 2.75) is 6.54 Å². The predicted molar refractivity (Wildman–Crippen MR) is 121 cm³/mol. The highest BCUT2D eigenvalue weighted by Crippen LogP contribution is 2.25. The molecule has 0 saturated carbocycles. The van der Waals surface area contributed by atoms with Crippen LogP contribution in [0, 0.1) is 5.82 Å². The van der Waals surface area contributed by atoms with Crippen LogP contribution in [0.2, 0.25) is 10.0 Å². The third-order valence-electron chi connectivity index (χ3n) is 4.24. The van der Waals surface area contributed by atoms with Gasteiger partial charge in [-0.15, -0.1) is 0 Å². The Kier molecular flexibility index (Phi) is 6.48. The van der Waals surface area contributed by atoms with Crippen molar-refractivity contribution in [3.8, 4) is 5.82 Å². The number of urea groups is 1. The van der Waals surface area contributed by atoms with Crippen molar-refractivity contribution < 1.29 is 9.18 Å². The quantitative estimate of drug-likeness (QED) is 0.360. The van der Waals surface area contributed by atoms with E-state index in [2.05, 4.69) is 31.0 Å². The second-order valence-corrected chi connectivity index (χ2v) is 7.44. The van der Waals surface area contributed by atoms with Crippen LogP contribution in [0.5, 0.6) is 0 Å². The Bertz CT molecular complexity index is 1260. The maximum Gasteiger partial charge on any atom is 0.319 e. The minimum Gasteiger partial charge on any atom is -0.334 e. The zero-order valence-electron chi connectivity index (χ0n) is 16.4. The molecule has 0 fully saturated rings. The summed E-state index contributed by atoms with van der Waals surface area (Å²) in [4.78, 5) is 20.7. The number of carbonyl (C=O) groups is 1. The molecule has 0 atom stereocenters. The van der Waals surface area contributed by atoms with Gasteiger partial charge in [-0.2, -0.15) is 10.1 Å². The molecule has 162 valence electrons. The van der Waals surface area contributed by atoms with Crippen molar-refractivity contribution in [1.29, 1.82) is 0 Å². The highest BCUT2D eigenvalue weighted by molar-refractivity contribution is 6.33. The van der Waals surface area contributed by atoms with Crippen molar-refractivity contribution in [3.63, 3.8) is 0 Å². The first-order valence-corrected chi connectivity index (χ1v) is 10.1. The summed E-state index contributed by atoms with van der Waals surface area (Å²) in [5.74, 6) is 0.261. The minimum atomic E-state index is -0.441. The lowest BCUT2D eigenvalue weighted by Gasteiger charge is -2.08. The van der Waals surface area contributed by atoms with E-state index in [1.807, 2.05) is 12.1 Å². The largest absolute Gasteiger partial charge is 0.334 e. The SMILES string of the molecule is O=C(NCc1cccc(Cl)c1)Nc1cnn(-c2ccnc(Nc3ccc(F)cc3Cl)n2)c1. The van der Waals surface area contributed by atoms with Crippen molar-refractivity contribution >= 4 is 46.6 Å². The van der Waals surface area contributed by atoms with Crippen LogP contribution >= 0.6 is 23.2 Å². The molecule has 32 heavy (non-hydrogen) atoms. The monoisotopic (exact) mass is 471 g/mol. The fraction of sp³-hybridized carbons (Fsp3) is 0.0476. The highest BCUT2D eigenvalue weighted by atomic mass is 35.5. The highest BCUT2D eigenvalue weighted by Gasteiger charge is 2.09. The molecule has 2 heterocycles. The van der Waals surface area contributed by atoms with Crippen LogP contribution in [0.15, 0.2) is 67.1 Å². The number of hydrogen-bond acceptors (Lipinski definition) is 5. The molecule has 0 saturated heterocycles. The number of nitrogens with zero attached hydrogens (tertiary/aromatic N) is 4. The van der Waals surface area contributed by atoms with Crippen LogP contribution in [0.3, 0.4) is 0 Å². The summed E-state index contributed by atoms with van der Waals surface area (Å²) in [6.07, 6.45) is 4.63. The van der Waals surface area contributed by atoms with E-state index in [0.717, 1.165) is 5.56 Å². The topological polar surface area (TPSA) is 96.8 Å². The Labute approximate surface area is 192 Å². The Hall–Kier alpha value is -3.69. The van der Waals surface area contributed by atoms with E-state index in [9.17, 15) is 9.18 Å². The van der Waals surface area contributed by atoms with Crippen molar-refractivity contribution in [1.82, 2.24) is 25.1 Å². The number of halogens is 3. The van der Waals surface area contributed by atoms with Crippen molar-refractivity contribution in [3.05, 3.63) is 88.5 Å². The summed E-state index contributed by atoms with van der Waals surface area (Å²) in [6, 6.07) is 12.4. The zero-order valence-corrected chi connectivity index (χ0v) is 17.9. The van der Waals surface area contributed by atoms with E-state index in [1.165, 1.54) is 35.3 Å². The van der Waals surface area contributed by atoms with Crippen LogP contribution in [-0.2, 0) is 6.54 Å². The molecule has 11 heteroatoms. The van der Waals surface area contributed by atoms with E-state index in [1.54, 1.807) is 24.4 Å². The molecule has 3 N–H and O–H groups in total. The number of benzene rings is 2. The number of amides is 2. The van der Waals surface area contributed by atoms with Crippen molar-refractivity contribution in [2.75, 3.05) is 10.6 Å². The Morgan fingerprint density at radius 1 is 1.12 bits per heavy atom. The maximum absolute atomic E-state index is 13.2. The molecule has 0 aliphatic heterocycles. The molecule has 4 rings (SSSR count). The first kappa shape index (κ1) is 21.5. The molecule has 4 aromatic rings. The Morgan fingerprint density at radius 2 is 2.00 bits per heavy atom. The van der Waals surface area contributed by atoms with Gasteiger partial charge in [0.15, 0.2) is 5.82 Å². The average Bonchev–Trinajstić information content (AvgIpc) is 3.23. The zero-order chi connectivity index (χ0) is 22.5. The molecule has 2 amide bonds. The molecule has 2 aromatic heterocycles. The predicted octanol–water partition coefficient (Wildman–Crippen LogP) is 5.17. The third-order valence-corrected chi connectivity index (χ3v) is 4.78. The second-order valence-electron chi connectivity index (χ2n) is 6.60. The molecule has 0 bridgehead atoms. The number of hydrogen-bond donors (Lipinski definition) is 3. The summed E-state index contributed by atoms with van der Waals surface area (Å²) >= 11 is 12.0. The van der Waals surface area contributed by atoms with E-state index in [4.69, 9.17) is 23.2 Å². The number of nitrogens with one attached hydrogen (secondary N) is 3. The summed E-state index contributed by atoms with van der Waals surface area (Å²) in [7, 11) is 0. The number of aromatic nitrogens is 4. The van der Waals surface area contributed by atoms with E-state index >= 15 is 0 Å². The van der Waals surface area contributed by atoms with Gasteiger partial charge >= 0.3 is 6.03 Å². The first-order chi connectivity index (χ1) is 15.5. The maximum atomic E-state index is 13.2. The Morgan fingerprint density at radius 3 is 2.81 bits per heavy atom. The standard InChI is InChI=1S/C21H16Cl2FN7O/c22-14-3-1-2-13(8-14)10-26-21(32)28-16-11-27-31(12-16)19-6-7-25-20(30-19)29-18-5-4-15(24)9-17(18)23/h1-9,11-12H,10H2,(H,25,29,30)(H2,26,28,32). The van der Waals surface area contributed by atoms with Gasteiger partial charge in [-0.05, 0) is 35.9 Å². The third kappa shape index (κ3) is 5.51. The summed E-state index contributed by atoms with van der Waals surface area (Å²) in [6.45, 7) is 0.327. The number of anilines is 3. The number of rotatable bonds is 6. The molecule has 0 radical (unpaired) electrons. The minimum absolute atomic E-state index is 0.202. The van der Waals surface area contributed by atoms with Crippen LogP contribution in [0.4, 0.5) is 26.5 Å². The normalized spacial score (nSPS) is 10.6. The molecule has 0 unspecified atom stereocenters. The fourth-order valence-electron chi connectivity index (χ4n) is 2.77. The van der Waals surface area contributed by atoms with E-state index in [-0.39, 0.29) is 17.0 Å². The molecule has 0 aliphatic carbocycles. The summed E-state index contributed by atoms with van der Waals surface area (Å²) in [5, 5.41) is 13.4. The van der Waals surface area contributed by atoms with Gasteiger partial charge in [-0.1, -0.05) is 35.3 Å². The van der Waals surface area contributed by atoms with Gasteiger partial charge in [0.25, 0.3) is 0 Å². The lowest BCUT2D eigenvalue weighted by Crippen LogP contribution is -2.28. The summed E-state index contributed by atoms with van der Waals surface area (Å²) < 4.78 is 14.7. The lowest BCUT2D eigenvalue weighted by atomic mass is 10.2. The molecule has 2 aromatic carbocycles. The number of carbonyl (C=O) groups excluding carboxylic acids is 1. The molecule has 0 spiro atoms. The van der Waals surface area contributed by atoms with Crippen LogP contribution in [-0.4, -0.2) is 25.8 Å². The van der Waals surface area contributed by atoms with Gasteiger partial charge < -0.3 is 16.0 Å². The van der Waals surface area contributed by atoms with Crippen LogP contribution in [0.1, 0.15) is 5.56 Å². The molecule has 8 nitrogen and oxygen atoms in total. The van der Waals surface area contributed by atoms with Crippen LogP contribution < -0.4 is 16.0 Å². The fourth-order valence-corrected chi connectivity index (χ4v) is 3.19. The molecule has 0 aliphatic rings. The van der Waals surface area contributed by atoms with Gasteiger partial charge in [0, 0.05) is 23.8 Å². The molecular weight excluding hydrogens is 456 g/mol. The Balaban J connectivity index is 1.39. The first-order valence-electron chi connectivity index (χ1n) is 9.36. The van der Waals surface area contributed by atoms with E-state index in [0.29, 0.717) is 28.8 Å². The van der Waals surface area contributed by atoms with Gasteiger partial charge in [0.05, 0.1) is 28.8 Å². The smallest absolute Gasteiger partial charge is 0.319 e. The molecular formula is C21H16Cl2FN7O. The average molecular weight is 472 g/mol. The van der Waals surface area contributed by atoms with Crippen molar-refractivity contribution in [2.24, 2.45) is 0 Å². The van der Waals surface area contributed by atoms with Gasteiger partial charge in [-0.3, -0.25) is 0 Å². The van der Waals surface area contributed by atoms with Gasteiger partial charge in [0.2, 0.25) is 5.95 Å². The second kappa shape index (κ2) is 9.63. The summed E-state index contributed by atoms with van der Waals surface area (Å²) in [5.41, 5.74) is 1.82. The van der Waals surface area contributed by atoms with Gasteiger partial charge in [-0.25, -0.2) is 18.9 Å². The lowest BCUT2D eigenvalue weighted by molar-refractivity contribution is 0.251. The van der Waals surface area contributed by atoms with Crippen LogP contribution in [0.25, 0.3) is 5.82 Å². The van der Waals surface area contributed by atoms with Gasteiger partial charge in [0.1, 0.15) is 5.82 Å². The van der Waals surface area contributed by atoms with E-state index < -0.39 is 5.82 Å².